The third-order valence-corrected chi connectivity index (χ3v) is 5.09. The van der Waals surface area contributed by atoms with Crippen LogP contribution in [0.25, 0.3) is 0 Å². The zero-order valence-electron chi connectivity index (χ0n) is 13.4. The van der Waals surface area contributed by atoms with Gasteiger partial charge < -0.3 is 10.2 Å². The summed E-state index contributed by atoms with van der Waals surface area (Å²) in [4.78, 5) is 2.64. The van der Waals surface area contributed by atoms with Crippen LogP contribution in [0, 0.1) is 11.3 Å². The molecule has 2 heteroatoms. The Morgan fingerprint density at radius 3 is 2.32 bits per heavy atom. The summed E-state index contributed by atoms with van der Waals surface area (Å²) < 4.78 is 0. The van der Waals surface area contributed by atoms with Crippen LogP contribution in [0.2, 0.25) is 0 Å². The molecule has 1 saturated heterocycles. The zero-order valence-corrected chi connectivity index (χ0v) is 13.4. The molecular formula is C17H34N2. The summed E-state index contributed by atoms with van der Waals surface area (Å²) in [7, 11) is 0. The Kier molecular flexibility index (Phi) is 5.70. The Hall–Kier alpha value is -0.0800. The molecular weight excluding hydrogens is 232 g/mol. The summed E-state index contributed by atoms with van der Waals surface area (Å²) >= 11 is 0. The van der Waals surface area contributed by atoms with Gasteiger partial charge in [-0.15, -0.1) is 0 Å². The predicted octanol–water partition coefficient (Wildman–Crippen LogP) is 3.67. The average Bonchev–Trinajstić information content (AvgIpc) is 2.38. The molecule has 1 aliphatic carbocycles. The monoisotopic (exact) mass is 266 g/mol. The minimum atomic E-state index is 0.591. The van der Waals surface area contributed by atoms with Crippen LogP contribution in [-0.2, 0) is 0 Å². The second-order valence-corrected chi connectivity index (χ2v) is 7.72. The number of likely N-dealkylation sites (tertiary alicyclic amines) is 1. The van der Waals surface area contributed by atoms with Crippen LogP contribution in [0.3, 0.4) is 0 Å². The average molecular weight is 266 g/mol. The van der Waals surface area contributed by atoms with Gasteiger partial charge in [-0.05, 0) is 50.1 Å². The van der Waals surface area contributed by atoms with E-state index < -0.39 is 0 Å². The van der Waals surface area contributed by atoms with Crippen molar-refractivity contribution >= 4 is 0 Å². The molecule has 1 aliphatic heterocycles. The largest absolute Gasteiger partial charge is 0.313 e. The zero-order chi connectivity index (χ0) is 13.7. The molecule has 0 atom stereocenters. The molecule has 112 valence electrons. The topological polar surface area (TPSA) is 15.3 Å². The third-order valence-electron chi connectivity index (χ3n) is 5.09. The van der Waals surface area contributed by atoms with Gasteiger partial charge in [0.25, 0.3) is 0 Å². The van der Waals surface area contributed by atoms with Crippen LogP contribution in [0.15, 0.2) is 0 Å². The molecule has 0 radical (unpaired) electrons. The van der Waals surface area contributed by atoms with Gasteiger partial charge in [-0.3, -0.25) is 0 Å². The van der Waals surface area contributed by atoms with Gasteiger partial charge in [0.1, 0.15) is 0 Å². The quantitative estimate of drug-likeness (QED) is 0.817. The third kappa shape index (κ3) is 5.07. The number of rotatable bonds is 5. The molecule has 2 aliphatic rings. The van der Waals surface area contributed by atoms with E-state index in [9.17, 15) is 0 Å². The van der Waals surface area contributed by atoms with E-state index in [1.54, 1.807) is 0 Å². The molecule has 1 saturated carbocycles. The van der Waals surface area contributed by atoms with Crippen molar-refractivity contribution in [3.05, 3.63) is 0 Å². The van der Waals surface area contributed by atoms with E-state index >= 15 is 0 Å². The summed E-state index contributed by atoms with van der Waals surface area (Å²) in [6.07, 6.45) is 9.93. The predicted molar refractivity (Wildman–Crippen MR) is 83.5 cm³/mol. The van der Waals surface area contributed by atoms with E-state index in [-0.39, 0.29) is 0 Å². The van der Waals surface area contributed by atoms with Crippen LogP contribution in [-0.4, -0.2) is 37.1 Å². The normalized spacial score (nSPS) is 25.9. The van der Waals surface area contributed by atoms with E-state index in [0.717, 1.165) is 12.0 Å². The Morgan fingerprint density at radius 1 is 1.11 bits per heavy atom. The number of hydrogen-bond donors (Lipinski definition) is 1. The molecule has 0 aromatic rings. The Labute approximate surface area is 120 Å². The van der Waals surface area contributed by atoms with Crippen molar-refractivity contribution in [2.75, 3.05) is 26.2 Å². The van der Waals surface area contributed by atoms with Gasteiger partial charge in [0, 0.05) is 19.1 Å². The van der Waals surface area contributed by atoms with Gasteiger partial charge >= 0.3 is 0 Å². The second-order valence-electron chi connectivity index (χ2n) is 7.72. The van der Waals surface area contributed by atoms with Gasteiger partial charge in [-0.2, -0.15) is 0 Å². The molecule has 0 aromatic carbocycles. The minimum Gasteiger partial charge on any atom is -0.313 e. The second kappa shape index (κ2) is 7.08. The van der Waals surface area contributed by atoms with Crippen LogP contribution < -0.4 is 5.32 Å². The molecule has 0 amide bonds. The van der Waals surface area contributed by atoms with E-state index in [0.29, 0.717) is 5.41 Å². The summed E-state index contributed by atoms with van der Waals surface area (Å²) in [5, 5.41) is 3.88. The molecule has 19 heavy (non-hydrogen) atoms. The lowest BCUT2D eigenvalue weighted by atomic mass is 9.75. The van der Waals surface area contributed by atoms with Gasteiger partial charge in [-0.1, -0.05) is 40.0 Å². The summed E-state index contributed by atoms with van der Waals surface area (Å²) in [6, 6.07) is 0.780. The Balaban J connectivity index is 1.65. The van der Waals surface area contributed by atoms with E-state index in [2.05, 4.69) is 31.0 Å². The SMILES string of the molecule is CC(C)CN1CCC(NCC2(C)CCCCC2)CC1. The van der Waals surface area contributed by atoms with Gasteiger partial charge in [0.2, 0.25) is 0 Å². The smallest absolute Gasteiger partial charge is 0.00916 e. The Morgan fingerprint density at radius 2 is 1.74 bits per heavy atom. The number of nitrogens with one attached hydrogen (secondary N) is 1. The van der Waals surface area contributed by atoms with Crippen molar-refractivity contribution in [1.82, 2.24) is 10.2 Å². The van der Waals surface area contributed by atoms with Crippen LogP contribution in [0.5, 0.6) is 0 Å². The first-order valence-corrected chi connectivity index (χ1v) is 8.53. The lowest BCUT2D eigenvalue weighted by Crippen LogP contribution is -2.46. The minimum absolute atomic E-state index is 0.591. The summed E-state index contributed by atoms with van der Waals surface area (Å²) in [5.74, 6) is 0.811. The highest BCUT2D eigenvalue weighted by Crippen LogP contribution is 2.35. The lowest BCUT2D eigenvalue weighted by molar-refractivity contribution is 0.156. The molecule has 1 heterocycles. The van der Waals surface area contributed by atoms with Crippen molar-refractivity contribution in [3.63, 3.8) is 0 Å². The molecule has 2 rings (SSSR count). The first kappa shape index (κ1) is 15.3. The standard InChI is InChI=1S/C17H34N2/c1-15(2)13-19-11-7-16(8-12-19)18-14-17(3)9-5-4-6-10-17/h15-16,18H,4-14H2,1-3H3. The maximum atomic E-state index is 3.88. The summed E-state index contributed by atoms with van der Waals surface area (Å²) in [5.41, 5.74) is 0.591. The van der Waals surface area contributed by atoms with E-state index in [4.69, 9.17) is 0 Å². The molecule has 1 N–H and O–H groups in total. The van der Waals surface area contributed by atoms with Crippen molar-refractivity contribution in [2.24, 2.45) is 11.3 Å². The lowest BCUT2D eigenvalue weighted by Gasteiger charge is -2.38. The Bertz CT molecular complexity index is 248. The summed E-state index contributed by atoms with van der Waals surface area (Å²) in [6.45, 7) is 12.3. The molecule has 0 unspecified atom stereocenters. The maximum Gasteiger partial charge on any atom is 0.00916 e. The van der Waals surface area contributed by atoms with Gasteiger partial charge in [0.05, 0.1) is 0 Å². The van der Waals surface area contributed by atoms with Crippen molar-refractivity contribution in [1.29, 1.82) is 0 Å². The van der Waals surface area contributed by atoms with Crippen molar-refractivity contribution in [2.45, 2.75) is 71.8 Å². The van der Waals surface area contributed by atoms with Crippen molar-refractivity contribution in [3.8, 4) is 0 Å². The number of nitrogens with zero attached hydrogens (tertiary/aromatic N) is 1. The number of piperidine rings is 1. The number of hydrogen-bond acceptors (Lipinski definition) is 2. The van der Waals surface area contributed by atoms with Gasteiger partial charge in [-0.25, -0.2) is 0 Å². The fourth-order valence-electron chi connectivity index (χ4n) is 3.81. The highest BCUT2D eigenvalue weighted by atomic mass is 15.1. The fraction of sp³-hybridized carbons (Fsp3) is 1.00. The molecule has 0 spiro atoms. The maximum absolute atomic E-state index is 3.88. The molecule has 2 nitrogen and oxygen atoms in total. The molecule has 0 bridgehead atoms. The van der Waals surface area contributed by atoms with Gasteiger partial charge in [0.15, 0.2) is 0 Å². The highest BCUT2D eigenvalue weighted by Gasteiger charge is 2.28. The van der Waals surface area contributed by atoms with E-state index in [1.165, 1.54) is 71.1 Å². The van der Waals surface area contributed by atoms with Crippen LogP contribution in [0.1, 0.15) is 65.7 Å². The first-order valence-electron chi connectivity index (χ1n) is 8.53. The fourth-order valence-corrected chi connectivity index (χ4v) is 3.81. The first-order chi connectivity index (χ1) is 9.07. The van der Waals surface area contributed by atoms with E-state index in [1.807, 2.05) is 0 Å². The molecule has 0 aromatic heterocycles. The highest BCUT2D eigenvalue weighted by molar-refractivity contribution is 4.84. The van der Waals surface area contributed by atoms with Crippen LogP contribution in [0.4, 0.5) is 0 Å². The molecule has 2 fully saturated rings. The van der Waals surface area contributed by atoms with Crippen LogP contribution >= 0.6 is 0 Å². The van der Waals surface area contributed by atoms with Crippen molar-refractivity contribution < 1.29 is 0 Å².